The van der Waals surface area contributed by atoms with Crippen LogP contribution in [0.4, 0.5) is 37.7 Å². The van der Waals surface area contributed by atoms with E-state index in [4.69, 9.17) is 10.8 Å². The van der Waals surface area contributed by atoms with Crippen LogP contribution >= 0.6 is 22.7 Å². The Hall–Kier alpha value is -6.90. The predicted molar refractivity (Wildman–Crippen MR) is 294 cm³/mol. The Morgan fingerprint density at radius 1 is 0.620 bits per heavy atom. The van der Waals surface area contributed by atoms with Gasteiger partial charge in [-0.1, -0.05) is 62.4 Å². The van der Waals surface area contributed by atoms with Crippen LogP contribution in [0.5, 0.6) is 11.5 Å². The summed E-state index contributed by atoms with van der Waals surface area (Å²) in [6, 6.07) is 29.5. The number of nitrogens with zero attached hydrogens (tertiary/aromatic N) is 6. The third-order valence-electron chi connectivity index (χ3n) is 15.6. The number of thiazole rings is 2. The molecular formula is C59H61F6N7O5S2. The monoisotopic (exact) mass is 1130 g/mol. The number of carbonyl (C=O) groups is 2. The Kier molecular flexibility index (Phi) is 15.4. The van der Waals surface area contributed by atoms with Crippen molar-refractivity contribution >= 4 is 55.7 Å². The van der Waals surface area contributed by atoms with Crippen LogP contribution in [0.1, 0.15) is 122 Å². The number of benzene rings is 4. The van der Waals surface area contributed by atoms with Gasteiger partial charge in [0.2, 0.25) is 0 Å². The van der Waals surface area contributed by atoms with Gasteiger partial charge in [-0.3, -0.25) is 13.6 Å². The largest absolute Gasteiger partial charge is 0.573 e. The number of halogens is 6. The second-order valence-electron chi connectivity index (χ2n) is 21.4. The minimum absolute atomic E-state index is 0.138. The average Bonchev–Trinajstić information content (AvgIpc) is 4.30. The number of imidazole rings is 2. The number of anilines is 2. The van der Waals surface area contributed by atoms with Crippen LogP contribution in [0.2, 0.25) is 0 Å². The number of carbonyl (C=O) groups excluding carboxylic acids is 1. The summed E-state index contributed by atoms with van der Waals surface area (Å²) in [5, 5.41) is 9.04. The SMILES string of the molecule is CCc1nc2sc(C)cn2c1C(=O)CCc1ccc(C2CC3(C2)CN(c2ccc(OC(F)(F)F)cc2)C3)cc1.CCc1nc2sc(C)cn2c1C(=O)O.NCc1ccc(C2CC3(C2)CN(c2ccc(OC(F)(F)F)cc2)C3)cc1. The predicted octanol–water partition coefficient (Wildman–Crippen LogP) is 13.8. The molecule has 0 amide bonds. The summed E-state index contributed by atoms with van der Waals surface area (Å²) < 4.78 is 85.3. The molecule has 0 radical (unpaired) electrons. The standard InChI is InChI=1S/C30H30F3N3O2S.C20H21F3N2O.C9H10N2O2S/c1-3-25-27(36-16-19(2)39-28(36)34-25)26(37)13-6-20-4-7-21(8-5-20)22-14-29(15-22)17-35(18-29)23-9-11-24(12-10-23)38-30(31,32)33;21-20(22,23)26-18-7-5-17(6-8-18)25-12-19(13-25)9-16(10-19)15-3-1-14(11-24)2-4-15;1-3-6-7(8(12)13)11-4-5(2)14-9(11)10-6/h4-5,7-12,16,22H,3,6,13-15,17-18H2,1-2H3;1-8,16H,9-13,24H2;4H,3H2,1-2H3,(H,12,13). The number of aryl methyl sites for hydroxylation is 5. The number of hydrogen-bond donors (Lipinski definition) is 2. The van der Waals surface area contributed by atoms with E-state index >= 15 is 0 Å². The number of aromatic carboxylic acids is 1. The first-order valence-electron chi connectivity index (χ1n) is 26.4. The number of ether oxygens (including phenoxy) is 2. The molecule has 2 aliphatic heterocycles. The number of Topliss-reactive ketones (excluding diaryl/α,β-unsaturated/α-hetero) is 1. The fraction of sp³-hybridized carbons (Fsp3) is 0.390. The smallest absolute Gasteiger partial charge is 0.477 e. The first kappa shape index (κ1) is 55.4. The van der Waals surface area contributed by atoms with E-state index < -0.39 is 18.7 Å². The number of aromatic nitrogens is 4. The number of nitrogens with two attached hydrogens (primary N) is 1. The van der Waals surface area contributed by atoms with E-state index in [0.717, 1.165) is 99.0 Å². The van der Waals surface area contributed by atoms with Crippen molar-refractivity contribution in [2.24, 2.45) is 16.6 Å². The molecule has 4 aromatic heterocycles. The molecule has 416 valence electrons. The van der Waals surface area contributed by atoms with Crippen LogP contribution in [-0.2, 0) is 25.8 Å². The minimum atomic E-state index is -4.67. The van der Waals surface area contributed by atoms with Crippen LogP contribution in [0.25, 0.3) is 9.92 Å². The van der Waals surface area contributed by atoms with Crippen molar-refractivity contribution < 1.29 is 50.5 Å². The van der Waals surface area contributed by atoms with Gasteiger partial charge in [-0.25, -0.2) is 14.8 Å². The molecule has 3 N–H and O–H groups in total. The van der Waals surface area contributed by atoms with Crippen molar-refractivity contribution in [1.29, 1.82) is 0 Å². The van der Waals surface area contributed by atoms with Crippen molar-refractivity contribution in [2.75, 3.05) is 36.0 Å². The molecule has 4 aliphatic rings. The van der Waals surface area contributed by atoms with Gasteiger partial charge >= 0.3 is 18.7 Å². The molecule has 79 heavy (non-hydrogen) atoms. The second kappa shape index (κ2) is 22.0. The zero-order valence-corrected chi connectivity index (χ0v) is 45.8. The quantitative estimate of drug-likeness (QED) is 0.0799. The summed E-state index contributed by atoms with van der Waals surface area (Å²) in [7, 11) is 0. The number of hydrogen-bond acceptors (Lipinski definition) is 11. The molecule has 0 bridgehead atoms. The van der Waals surface area contributed by atoms with Gasteiger partial charge in [-0.2, -0.15) is 0 Å². The van der Waals surface area contributed by atoms with Crippen LogP contribution in [-0.4, -0.2) is 74.5 Å². The molecule has 4 fully saturated rings. The number of alkyl halides is 6. The highest BCUT2D eigenvalue weighted by Gasteiger charge is 2.53. The molecular weight excluding hydrogens is 1060 g/mol. The van der Waals surface area contributed by atoms with E-state index in [1.807, 2.05) is 44.5 Å². The first-order chi connectivity index (χ1) is 37.6. The summed E-state index contributed by atoms with van der Waals surface area (Å²) in [5.74, 6) is -0.0149. The first-order valence-corrected chi connectivity index (χ1v) is 28.0. The van der Waals surface area contributed by atoms with Crippen molar-refractivity contribution in [3.8, 4) is 11.5 Å². The highest BCUT2D eigenvalue weighted by molar-refractivity contribution is 7.17. The van der Waals surface area contributed by atoms with Gasteiger partial charge in [0.05, 0.1) is 11.4 Å². The maximum atomic E-state index is 13.1. The molecule has 2 spiro atoms. The van der Waals surface area contributed by atoms with Gasteiger partial charge in [0.25, 0.3) is 0 Å². The minimum Gasteiger partial charge on any atom is -0.477 e. The molecule has 12 nitrogen and oxygen atoms in total. The Balaban J connectivity index is 0.000000150. The van der Waals surface area contributed by atoms with Crippen molar-refractivity contribution in [2.45, 2.75) is 110 Å². The van der Waals surface area contributed by atoms with E-state index in [0.29, 0.717) is 59.9 Å². The van der Waals surface area contributed by atoms with E-state index in [9.17, 15) is 35.9 Å². The van der Waals surface area contributed by atoms with Crippen LogP contribution < -0.4 is 25.0 Å². The molecule has 2 saturated carbocycles. The molecule has 20 heteroatoms. The summed E-state index contributed by atoms with van der Waals surface area (Å²) >= 11 is 3.12. The number of rotatable bonds is 14. The van der Waals surface area contributed by atoms with E-state index in [1.165, 1.54) is 59.6 Å². The van der Waals surface area contributed by atoms with Crippen LogP contribution in [0, 0.1) is 24.7 Å². The Bertz CT molecular complexity index is 3430. The lowest BCUT2D eigenvalue weighted by atomic mass is 9.56. The van der Waals surface area contributed by atoms with Crippen LogP contribution in [0.15, 0.2) is 109 Å². The fourth-order valence-electron chi connectivity index (χ4n) is 11.8. The maximum Gasteiger partial charge on any atom is 0.573 e. The average molecular weight is 1130 g/mol. The lowest BCUT2D eigenvalue weighted by molar-refractivity contribution is -0.275. The third kappa shape index (κ3) is 12.3. The molecule has 12 rings (SSSR count). The van der Waals surface area contributed by atoms with Crippen molar-refractivity contribution in [3.05, 3.63) is 164 Å². The molecule has 8 aromatic rings. The Morgan fingerprint density at radius 2 is 1.01 bits per heavy atom. The Morgan fingerprint density at radius 3 is 1.39 bits per heavy atom. The maximum absolute atomic E-state index is 13.1. The Labute approximate surface area is 461 Å². The van der Waals surface area contributed by atoms with E-state index in [2.05, 4.69) is 77.8 Å². The molecule has 4 aromatic carbocycles. The van der Waals surface area contributed by atoms with Crippen molar-refractivity contribution in [3.63, 3.8) is 0 Å². The second-order valence-corrected chi connectivity index (χ2v) is 23.9. The zero-order valence-electron chi connectivity index (χ0n) is 44.2. The number of fused-ring (bicyclic) bond motifs is 2. The molecule has 6 heterocycles. The summed E-state index contributed by atoms with van der Waals surface area (Å²) in [6.45, 7) is 12.3. The summed E-state index contributed by atoms with van der Waals surface area (Å²) in [5.41, 5.74) is 15.7. The molecule has 2 saturated heterocycles. The van der Waals surface area contributed by atoms with Crippen LogP contribution in [0.3, 0.4) is 0 Å². The third-order valence-corrected chi connectivity index (χ3v) is 17.4. The zero-order chi connectivity index (χ0) is 56.0. The molecule has 0 unspecified atom stereocenters. The highest BCUT2D eigenvalue weighted by Crippen LogP contribution is 2.58. The van der Waals surface area contributed by atoms with Gasteiger partial charge in [0, 0.05) is 83.5 Å². The normalized spacial score (nSPS) is 17.3. The lowest BCUT2D eigenvalue weighted by Crippen LogP contribution is -2.61. The molecule has 0 atom stereocenters. The highest BCUT2D eigenvalue weighted by atomic mass is 32.1. The number of carboxylic acid groups (broad SMARTS) is 1. The fourth-order valence-corrected chi connectivity index (χ4v) is 13.5. The molecule has 2 aliphatic carbocycles. The number of carboxylic acids is 1. The van der Waals surface area contributed by atoms with Crippen molar-refractivity contribution in [1.82, 2.24) is 18.8 Å². The summed E-state index contributed by atoms with van der Waals surface area (Å²) in [6.07, 6.45) is 1.63. The lowest BCUT2D eigenvalue weighted by Gasteiger charge is -2.60. The van der Waals surface area contributed by atoms with Gasteiger partial charge in [-0.05, 0) is 141 Å². The van der Waals surface area contributed by atoms with Gasteiger partial charge in [0.15, 0.2) is 21.4 Å². The summed E-state index contributed by atoms with van der Waals surface area (Å²) in [4.78, 5) is 41.3. The topological polar surface area (TPSA) is 140 Å². The number of ketones is 1. The van der Waals surface area contributed by atoms with Gasteiger partial charge < -0.3 is 30.1 Å². The van der Waals surface area contributed by atoms with Gasteiger partial charge in [-0.15, -0.1) is 49.0 Å². The van der Waals surface area contributed by atoms with E-state index in [1.54, 1.807) is 40.0 Å². The van der Waals surface area contributed by atoms with E-state index in [-0.39, 0.29) is 17.3 Å². The van der Waals surface area contributed by atoms with Gasteiger partial charge in [0.1, 0.15) is 17.2 Å².